The van der Waals surface area contributed by atoms with Gasteiger partial charge in [-0.05, 0) is 33.9 Å². The van der Waals surface area contributed by atoms with E-state index in [1.807, 2.05) is 0 Å². The molecule has 0 spiro atoms. The molecule has 0 heterocycles. The van der Waals surface area contributed by atoms with Gasteiger partial charge in [0.15, 0.2) is 0 Å². The SMILES string of the molecule is CC(C)C(NN)C(C)(C)N(C)C. The Hall–Kier alpha value is -0.120. The normalized spacial score (nSPS) is 15.8. The summed E-state index contributed by atoms with van der Waals surface area (Å²) in [4.78, 5) is 2.19. The zero-order chi connectivity index (χ0) is 9.94. The lowest BCUT2D eigenvalue weighted by atomic mass is 9.86. The molecular weight excluding hydrogens is 150 g/mol. The van der Waals surface area contributed by atoms with Crippen LogP contribution in [0.15, 0.2) is 0 Å². The third-order valence-electron chi connectivity index (χ3n) is 2.76. The molecule has 0 rings (SSSR count). The number of nitrogens with two attached hydrogens (primary N) is 1. The van der Waals surface area contributed by atoms with E-state index >= 15 is 0 Å². The molecule has 0 aromatic rings. The van der Waals surface area contributed by atoms with Gasteiger partial charge in [-0.3, -0.25) is 11.3 Å². The number of rotatable bonds is 4. The van der Waals surface area contributed by atoms with Crippen LogP contribution in [0, 0.1) is 5.92 Å². The molecule has 0 saturated carbocycles. The molecule has 1 unspecified atom stereocenters. The van der Waals surface area contributed by atoms with E-state index in [0.717, 1.165) is 0 Å². The Balaban J connectivity index is 4.47. The van der Waals surface area contributed by atoms with Gasteiger partial charge < -0.3 is 4.90 Å². The fourth-order valence-corrected chi connectivity index (χ4v) is 1.49. The maximum Gasteiger partial charge on any atom is 0.0412 e. The van der Waals surface area contributed by atoms with Crippen LogP contribution < -0.4 is 11.3 Å². The monoisotopic (exact) mass is 173 g/mol. The van der Waals surface area contributed by atoms with Gasteiger partial charge in [0.25, 0.3) is 0 Å². The standard InChI is InChI=1S/C9H23N3/c1-7(2)8(11-10)9(3,4)12(5)6/h7-8,11H,10H2,1-6H3. The highest BCUT2D eigenvalue weighted by molar-refractivity contribution is 4.91. The fraction of sp³-hybridized carbons (Fsp3) is 1.00. The number of hydrogen-bond acceptors (Lipinski definition) is 3. The Morgan fingerprint density at radius 3 is 1.75 bits per heavy atom. The van der Waals surface area contributed by atoms with E-state index in [0.29, 0.717) is 12.0 Å². The summed E-state index contributed by atoms with van der Waals surface area (Å²) >= 11 is 0. The number of hydrogen-bond donors (Lipinski definition) is 2. The van der Waals surface area contributed by atoms with E-state index in [1.54, 1.807) is 0 Å². The molecule has 0 bridgehead atoms. The number of hydrazine groups is 1. The molecule has 74 valence electrons. The topological polar surface area (TPSA) is 41.3 Å². The molecule has 3 heteroatoms. The van der Waals surface area contributed by atoms with Crippen LogP contribution in [0.5, 0.6) is 0 Å². The average molecular weight is 173 g/mol. The zero-order valence-corrected chi connectivity index (χ0v) is 9.18. The van der Waals surface area contributed by atoms with Crippen LogP contribution in [-0.4, -0.2) is 30.6 Å². The van der Waals surface area contributed by atoms with Crippen LogP contribution in [0.25, 0.3) is 0 Å². The summed E-state index contributed by atoms with van der Waals surface area (Å²) in [6, 6.07) is 0.312. The van der Waals surface area contributed by atoms with Gasteiger partial charge in [0.1, 0.15) is 0 Å². The Bertz CT molecular complexity index is 130. The minimum absolute atomic E-state index is 0.0862. The molecule has 12 heavy (non-hydrogen) atoms. The highest BCUT2D eigenvalue weighted by Crippen LogP contribution is 2.20. The lowest BCUT2D eigenvalue weighted by molar-refractivity contribution is 0.112. The lowest BCUT2D eigenvalue weighted by Gasteiger charge is -2.41. The lowest BCUT2D eigenvalue weighted by Crippen LogP contribution is -2.59. The van der Waals surface area contributed by atoms with Gasteiger partial charge in [0, 0.05) is 11.6 Å². The number of nitrogens with one attached hydrogen (secondary N) is 1. The highest BCUT2D eigenvalue weighted by Gasteiger charge is 2.32. The predicted molar refractivity (Wildman–Crippen MR) is 53.7 cm³/mol. The molecule has 3 nitrogen and oxygen atoms in total. The van der Waals surface area contributed by atoms with Gasteiger partial charge in [-0.1, -0.05) is 13.8 Å². The Morgan fingerprint density at radius 1 is 1.25 bits per heavy atom. The fourth-order valence-electron chi connectivity index (χ4n) is 1.49. The van der Waals surface area contributed by atoms with Crippen molar-refractivity contribution in [1.82, 2.24) is 10.3 Å². The summed E-state index contributed by atoms with van der Waals surface area (Å²) in [5.41, 5.74) is 2.97. The van der Waals surface area contributed by atoms with Crippen molar-refractivity contribution in [2.75, 3.05) is 14.1 Å². The first-order valence-electron chi connectivity index (χ1n) is 4.47. The van der Waals surface area contributed by atoms with Gasteiger partial charge in [0.05, 0.1) is 0 Å². The molecule has 0 aliphatic carbocycles. The van der Waals surface area contributed by atoms with Crippen LogP contribution in [0.2, 0.25) is 0 Å². The molecule has 0 aliphatic rings. The third-order valence-corrected chi connectivity index (χ3v) is 2.76. The minimum atomic E-state index is 0.0862. The maximum absolute atomic E-state index is 5.52. The molecule has 3 N–H and O–H groups in total. The van der Waals surface area contributed by atoms with Crippen molar-refractivity contribution in [2.24, 2.45) is 11.8 Å². The van der Waals surface area contributed by atoms with Crippen LogP contribution in [0.3, 0.4) is 0 Å². The number of likely N-dealkylation sites (N-methyl/N-ethyl adjacent to an activating group) is 1. The van der Waals surface area contributed by atoms with Gasteiger partial charge >= 0.3 is 0 Å². The first-order chi connectivity index (χ1) is 5.34. The molecule has 0 fully saturated rings. The maximum atomic E-state index is 5.52. The summed E-state index contributed by atoms with van der Waals surface area (Å²) in [7, 11) is 4.15. The second-order valence-corrected chi connectivity index (χ2v) is 4.44. The Kier molecular flexibility index (Phi) is 4.17. The molecule has 1 atom stereocenters. The van der Waals surface area contributed by atoms with E-state index in [4.69, 9.17) is 5.84 Å². The first kappa shape index (κ1) is 11.9. The van der Waals surface area contributed by atoms with Crippen molar-refractivity contribution >= 4 is 0 Å². The summed E-state index contributed by atoms with van der Waals surface area (Å²) in [6.45, 7) is 8.74. The van der Waals surface area contributed by atoms with Crippen molar-refractivity contribution in [3.8, 4) is 0 Å². The Labute approximate surface area is 76.3 Å². The van der Waals surface area contributed by atoms with Crippen LogP contribution in [0.1, 0.15) is 27.7 Å². The second-order valence-electron chi connectivity index (χ2n) is 4.44. The van der Waals surface area contributed by atoms with Gasteiger partial charge in [0.2, 0.25) is 0 Å². The zero-order valence-electron chi connectivity index (χ0n) is 9.18. The minimum Gasteiger partial charge on any atom is -0.303 e. The molecular formula is C9H23N3. The van der Waals surface area contributed by atoms with Gasteiger partial charge in [-0.15, -0.1) is 0 Å². The third kappa shape index (κ3) is 2.44. The molecule has 0 aromatic heterocycles. The Morgan fingerprint density at radius 2 is 1.67 bits per heavy atom. The van der Waals surface area contributed by atoms with E-state index in [9.17, 15) is 0 Å². The van der Waals surface area contributed by atoms with Crippen molar-refractivity contribution in [3.05, 3.63) is 0 Å². The van der Waals surface area contributed by atoms with Crippen molar-refractivity contribution in [1.29, 1.82) is 0 Å². The van der Waals surface area contributed by atoms with Gasteiger partial charge in [-0.25, -0.2) is 0 Å². The predicted octanol–water partition coefficient (Wildman–Crippen LogP) is 0.815. The summed E-state index contributed by atoms with van der Waals surface area (Å²) in [5.74, 6) is 6.06. The van der Waals surface area contributed by atoms with E-state index in [1.165, 1.54) is 0 Å². The van der Waals surface area contributed by atoms with Gasteiger partial charge in [-0.2, -0.15) is 0 Å². The first-order valence-corrected chi connectivity index (χ1v) is 4.47. The van der Waals surface area contributed by atoms with Crippen LogP contribution >= 0.6 is 0 Å². The summed E-state index contributed by atoms with van der Waals surface area (Å²) < 4.78 is 0. The average Bonchev–Trinajstić information content (AvgIpc) is 1.86. The van der Waals surface area contributed by atoms with Crippen molar-refractivity contribution < 1.29 is 0 Å². The highest BCUT2D eigenvalue weighted by atomic mass is 15.3. The van der Waals surface area contributed by atoms with Crippen LogP contribution in [0.4, 0.5) is 0 Å². The molecule has 0 aliphatic heterocycles. The largest absolute Gasteiger partial charge is 0.303 e. The summed E-state index contributed by atoms with van der Waals surface area (Å²) in [6.07, 6.45) is 0. The van der Waals surface area contributed by atoms with Crippen LogP contribution in [-0.2, 0) is 0 Å². The van der Waals surface area contributed by atoms with E-state index < -0.39 is 0 Å². The molecule has 0 aromatic carbocycles. The number of nitrogens with zero attached hydrogens (tertiary/aromatic N) is 1. The van der Waals surface area contributed by atoms with E-state index in [2.05, 4.69) is 52.1 Å². The van der Waals surface area contributed by atoms with Crippen molar-refractivity contribution in [3.63, 3.8) is 0 Å². The molecule has 0 radical (unpaired) electrons. The second kappa shape index (κ2) is 4.21. The van der Waals surface area contributed by atoms with Crippen molar-refractivity contribution in [2.45, 2.75) is 39.3 Å². The molecule has 0 amide bonds. The molecule has 0 saturated heterocycles. The van der Waals surface area contributed by atoms with E-state index in [-0.39, 0.29) is 5.54 Å². The summed E-state index contributed by atoms with van der Waals surface area (Å²) in [5, 5.41) is 0. The smallest absolute Gasteiger partial charge is 0.0412 e. The quantitative estimate of drug-likeness (QED) is 0.488.